The van der Waals surface area contributed by atoms with Crippen molar-refractivity contribution in [3.8, 4) is 0 Å². The van der Waals surface area contributed by atoms with E-state index in [9.17, 15) is 9.59 Å². The van der Waals surface area contributed by atoms with E-state index in [0.717, 1.165) is 19.1 Å². The second-order valence-electron chi connectivity index (χ2n) is 4.18. The highest BCUT2D eigenvalue weighted by Crippen LogP contribution is 2.36. The lowest BCUT2D eigenvalue weighted by atomic mass is 9.87. The zero-order chi connectivity index (χ0) is 10.9. The molecule has 0 aromatic rings. The zero-order valence-corrected chi connectivity index (χ0v) is 8.94. The van der Waals surface area contributed by atoms with Crippen molar-refractivity contribution < 1.29 is 14.3 Å². The molecule has 0 aromatic carbocycles. The maximum Gasteiger partial charge on any atom is 0.239 e. The molecule has 2 heterocycles. The third-order valence-electron chi connectivity index (χ3n) is 3.49. The van der Waals surface area contributed by atoms with Gasteiger partial charge in [-0.3, -0.25) is 9.80 Å². The molecule has 1 amide bonds. The topological polar surface area (TPSA) is 49.9 Å². The van der Waals surface area contributed by atoms with Crippen LogP contribution in [0.2, 0.25) is 0 Å². The van der Waals surface area contributed by atoms with Crippen molar-refractivity contribution >= 4 is 12.2 Å². The number of hydrogen-bond acceptors (Lipinski definition) is 4. The minimum absolute atomic E-state index is 0.0477. The highest BCUT2D eigenvalue weighted by Gasteiger charge is 2.48. The second kappa shape index (κ2) is 3.90. The van der Waals surface area contributed by atoms with E-state index in [0.29, 0.717) is 19.6 Å². The maximum atomic E-state index is 11.7. The van der Waals surface area contributed by atoms with Crippen molar-refractivity contribution in [2.75, 3.05) is 26.8 Å². The summed E-state index contributed by atoms with van der Waals surface area (Å²) in [6.07, 6.45) is 3.02. The molecule has 2 saturated heterocycles. The molecule has 1 spiro atoms. The molecule has 0 N–H and O–H groups in total. The van der Waals surface area contributed by atoms with Crippen LogP contribution in [-0.2, 0) is 14.3 Å². The molecule has 2 aliphatic heterocycles. The first kappa shape index (κ1) is 10.6. The van der Waals surface area contributed by atoms with Crippen molar-refractivity contribution in [2.45, 2.75) is 24.8 Å². The van der Waals surface area contributed by atoms with Crippen molar-refractivity contribution in [1.29, 1.82) is 0 Å². The van der Waals surface area contributed by atoms with Crippen LogP contribution in [0, 0.1) is 0 Å². The summed E-state index contributed by atoms with van der Waals surface area (Å²) in [4.78, 5) is 22.2. The fraction of sp³-hybridized carbons (Fsp3) is 0.800. The van der Waals surface area contributed by atoms with Crippen LogP contribution in [0.5, 0.6) is 0 Å². The third kappa shape index (κ3) is 1.66. The average molecular weight is 212 g/mol. The summed E-state index contributed by atoms with van der Waals surface area (Å²) < 4.78 is 5.31. The van der Waals surface area contributed by atoms with E-state index in [1.807, 2.05) is 12.1 Å². The van der Waals surface area contributed by atoms with Gasteiger partial charge >= 0.3 is 0 Å². The van der Waals surface area contributed by atoms with Gasteiger partial charge in [-0.1, -0.05) is 0 Å². The SMILES string of the molecule is CN1N(CC=O)C(=O)CC12CCOCC2. The van der Waals surface area contributed by atoms with Gasteiger partial charge in [-0.2, -0.15) is 0 Å². The summed E-state index contributed by atoms with van der Waals surface area (Å²) in [6.45, 7) is 1.57. The number of rotatable bonds is 2. The number of hydrazine groups is 1. The number of aldehydes is 1. The molecular weight excluding hydrogens is 196 g/mol. The Balaban J connectivity index is 2.15. The smallest absolute Gasteiger partial charge is 0.239 e. The molecule has 84 valence electrons. The molecule has 0 bridgehead atoms. The number of amides is 1. The fourth-order valence-corrected chi connectivity index (χ4v) is 2.46. The Labute approximate surface area is 88.9 Å². The quantitative estimate of drug-likeness (QED) is 0.595. The molecule has 0 radical (unpaired) electrons. The number of carbonyl (C=O) groups excluding carboxylic acids is 2. The lowest BCUT2D eigenvalue weighted by Crippen LogP contribution is -2.51. The number of nitrogens with zero attached hydrogens (tertiary/aromatic N) is 2. The molecule has 0 saturated carbocycles. The van der Waals surface area contributed by atoms with Crippen molar-refractivity contribution in [3.63, 3.8) is 0 Å². The summed E-state index contributed by atoms with van der Waals surface area (Å²) in [5.74, 6) is 0.0477. The van der Waals surface area contributed by atoms with Gasteiger partial charge < -0.3 is 9.53 Å². The fourth-order valence-electron chi connectivity index (χ4n) is 2.46. The minimum Gasteiger partial charge on any atom is -0.381 e. The molecule has 0 aromatic heterocycles. The first-order valence-electron chi connectivity index (χ1n) is 5.25. The van der Waals surface area contributed by atoms with Gasteiger partial charge in [0.1, 0.15) is 6.29 Å². The summed E-state index contributed by atoms with van der Waals surface area (Å²) in [5.41, 5.74) is -0.0989. The van der Waals surface area contributed by atoms with Crippen LogP contribution in [0.15, 0.2) is 0 Å². The molecule has 0 atom stereocenters. The lowest BCUT2D eigenvalue weighted by Gasteiger charge is -2.40. The van der Waals surface area contributed by atoms with Crippen LogP contribution in [0.3, 0.4) is 0 Å². The van der Waals surface area contributed by atoms with Gasteiger partial charge in [0.2, 0.25) is 5.91 Å². The molecular formula is C10H16N2O3. The van der Waals surface area contributed by atoms with Crippen molar-refractivity contribution in [2.24, 2.45) is 0 Å². The predicted octanol–water partition coefficient (Wildman–Crippen LogP) is -0.186. The van der Waals surface area contributed by atoms with Gasteiger partial charge in [0.15, 0.2) is 0 Å². The van der Waals surface area contributed by atoms with Gasteiger partial charge in [-0.15, -0.1) is 0 Å². The monoisotopic (exact) mass is 212 g/mol. The Hall–Kier alpha value is -0.940. The van der Waals surface area contributed by atoms with Gasteiger partial charge in [0.05, 0.1) is 12.1 Å². The third-order valence-corrected chi connectivity index (χ3v) is 3.49. The predicted molar refractivity (Wildman–Crippen MR) is 52.9 cm³/mol. The van der Waals surface area contributed by atoms with Gasteiger partial charge in [-0.25, -0.2) is 5.01 Å². The molecule has 2 rings (SSSR count). The van der Waals surface area contributed by atoms with Gasteiger partial charge in [0.25, 0.3) is 0 Å². The number of ether oxygens (including phenoxy) is 1. The van der Waals surface area contributed by atoms with E-state index in [1.54, 1.807) is 5.01 Å². The highest BCUT2D eigenvalue weighted by atomic mass is 16.5. The van der Waals surface area contributed by atoms with Gasteiger partial charge in [-0.05, 0) is 12.8 Å². The Bertz CT molecular complexity index is 274. The molecule has 5 heteroatoms. The molecule has 2 fully saturated rings. The lowest BCUT2D eigenvalue weighted by molar-refractivity contribution is -0.143. The van der Waals surface area contributed by atoms with Crippen LogP contribution in [0.1, 0.15) is 19.3 Å². The Morgan fingerprint density at radius 3 is 2.73 bits per heavy atom. The minimum atomic E-state index is -0.0989. The molecule has 0 unspecified atom stereocenters. The van der Waals surface area contributed by atoms with E-state index >= 15 is 0 Å². The van der Waals surface area contributed by atoms with Crippen molar-refractivity contribution in [3.05, 3.63) is 0 Å². The summed E-state index contributed by atoms with van der Waals surface area (Å²) in [7, 11) is 1.89. The van der Waals surface area contributed by atoms with Crippen molar-refractivity contribution in [1.82, 2.24) is 10.0 Å². The standard InChI is InChI=1S/C10H16N2O3/c1-11-10(2-6-15-7-3-10)8-9(14)12(11)4-5-13/h5H,2-4,6-8H2,1H3. The Kier molecular flexibility index (Phi) is 2.75. The largest absolute Gasteiger partial charge is 0.381 e. The van der Waals surface area contributed by atoms with Gasteiger partial charge in [0, 0.05) is 26.7 Å². The first-order valence-corrected chi connectivity index (χ1v) is 5.25. The Morgan fingerprint density at radius 1 is 1.47 bits per heavy atom. The highest BCUT2D eigenvalue weighted by molar-refractivity contribution is 5.81. The van der Waals surface area contributed by atoms with Crippen LogP contribution in [0.25, 0.3) is 0 Å². The molecule has 0 aliphatic carbocycles. The molecule has 5 nitrogen and oxygen atoms in total. The average Bonchev–Trinajstić information content (AvgIpc) is 2.45. The van der Waals surface area contributed by atoms with E-state index in [1.165, 1.54) is 0 Å². The zero-order valence-electron chi connectivity index (χ0n) is 8.94. The van der Waals surface area contributed by atoms with E-state index in [2.05, 4.69) is 0 Å². The summed E-state index contributed by atoms with van der Waals surface area (Å²) in [6, 6.07) is 0. The van der Waals surface area contributed by atoms with Crippen LogP contribution in [-0.4, -0.2) is 54.6 Å². The summed E-state index contributed by atoms with van der Waals surface area (Å²) in [5, 5.41) is 3.48. The number of carbonyl (C=O) groups is 2. The van der Waals surface area contributed by atoms with Crippen LogP contribution < -0.4 is 0 Å². The van der Waals surface area contributed by atoms with E-state index < -0.39 is 0 Å². The maximum absolute atomic E-state index is 11.7. The van der Waals surface area contributed by atoms with E-state index in [-0.39, 0.29) is 18.0 Å². The molecule has 15 heavy (non-hydrogen) atoms. The number of hydrogen-bond donors (Lipinski definition) is 0. The Morgan fingerprint density at radius 2 is 2.13 bits per heavy atom. The molecule has 2 aliphatic rings. The van der Waals surface area contributed by atoms with Crippen LogP contribution in [0.4, 0.5) is 0 Å². The second-order valence-corrected chi connectivity index (χ2v) is 4.18. The van der Waals surface area contributed by atoms with E-state index in [4.69, 9.17) is 4.74 Å². The normalized spacial score (nSPS) is 26.2. The summed E-state index contributed by atoms with van der Waals surface area (Å²) >= 11 is 0. The van der Waals surface area contributed by atoms with Crippen LogP contribution >= 0.6 is 0 Å². The first-order chi connectivity index (χ1) is 7.19.